The van der Waals surface area contributed by atoms with Gasteiger partial charge in [0.15, 0.2) is 0 Å². The molecule has 0 saturated heterocycles. The number of nitrogens with zero attached hydrogens (tertiary/aromatic N) is 5. The highest BCUT2D eigenvalue weighted by Crippen LogP contribution is 2.47. The summed E-state index contributed by atoms with van der Waals surface area (Å²) in [5.41, 5.74) is 17.9. The summed E-state index contributed by atoms with van der Waals surface area (Å²) >= 11 is 0. The van der Waals surface area contributed by atoms with Crippen molar-refractivity contribution >= 4 is 79.0 Å². The van der Waals surface area contributed by atoms with Crippen LogP contribution in [0.5, 0.6) is 0 Å². The molecule has 0 unspecified atom stereocenters. The van der Waals surface area contributed by atoms with Crippen molar-refractivity contribution in [3.8, 4) is 17.1 Å². The Morgan fingerprint density at radius 3 is 1.81 bits per heavy atom. The molecule has 6 aromatic carbocycles. The summed E-state index contributed by atoms with van der Waals surface area (Å²) in [5.74, 6) is 1.63. The molecule has 5 nitrogen and oxygen atoms in total. The van der Waals surface area contributed by atoms with Gasteiger partial charge in [0.25, 0.3) is 6.71 Å². The zero-order valence-electron chi connectivity index (χ0n) is 33.1. The van der Waals surface area contributed by atoms with Gasteiger partial charge in [-0.05, 0) is 130 Å². The van der Waals surface area contributed by atoms with Gasteiger partial charge in [-0.2, -0.15) is 0 Å². The third-order valence-electron chi connectivity index (χ3n) is 12.2. The fraction of sp³-hybridized carbons (Fsp3) is 0.115. The highest BCUT2D eigenvalue weighted by atomic mass is 15.2. The minimum Gasteiger partial charge on any atom is -0.311 e. The number of benzene rings is 6. The minimum absolute atomic E-state index is 0.0658. The quantitative estimate of drug-likeness (QED) is 0.159. The van der Waals surface area contributed by atoms with Crippen LogP contribution in [0.2, 0.25) is 0 Å². The van der Waals surface area contributed by atoms with Gasteiger partial charge in [-0.1, -0.05) is 100 Å². The van der Waals surface area contributed by atoms with Gasteiger partial charge in [0.2, 0.25) is 0 Å². The molecule has 0 spiro atoms. The van der Waals surface area contributed by atoms with Crippen molar-refractivity contribution < 1.29 is 0 Å². The number of rotatable bonds is 6. The molecule has 0 aliphatic carbocycles. The van der Waals surface area contributed by atoms with Crippen LogP contribution in [0.15, 0.2) is 170 Å². The number of anilines is 6. The average molecular weight is 748 g/mol. The molecule has 0 saturated carbocycles. The summed E-state index contributed by atoms with van der Waals surface area (Å²) in [6, 6.07) is 58.0. The molecule has 11 rings (SSSR count). The van der Waals surface area contributed by atoms with Crippen molar-refractivity contribution in [1.29, 1.82) is 0 Å². The van der Waals surface area contributed by atoms with Crippen LogP contribution >= 0.6 is 0 Å². The molecule has 2 aliphatic heterocycles. The lowest BCUT2D eigenvalue weighted by atomic mass is 9.33. The Bertz CT molecular complexity index is 3030. The lowest BCUT2D eigenvalue weighted by molar-refractivity contribution is 0.864. The summed E-state index contributed by atoms with van der Waals surface area (Å²) in [6.45, 7) is 9.04. The maximum Gasteiger partial charge on any atom is 0.252 e. The number of para-hydroxylation sites is 3. The van der Waals surface area contributed by atoms with Crippen LogP contribution in [0.25, 0.3) is 38.9 Å². The SMILES string of the molecule is CC(C)c1ccnc(-c2ccc3c(c2)B2c4cc5c(cc4N(c4ccccc4)c4cc(C(C)C)cc(c42)N3c2ccccc2)c2ccccc2n5-c2ccccn2)c1. The van der Waals surface area contributed by atoms with E-state index in [0.717, 1.165) is 39.5 Å². The van der Waals surface area contributed by atoms with Crippen LogP contribution in [-0.2, 0) is 0 Å². The normalized spacial score (nSPS) is 13.0. The second kappa shape index (κ2) is 13.3. The number of hydrogen-bond acceptors (Lipinski definition) is 4. The molecule has 0 radical (unpaired) electrons. The molecular formula is C52H42BN5. The predicted octanol–water partition coefficient (Wildman–Crippen LogP) is 11.6. The smallest absolute Gasteiger partial charge is 0.252 e. The van der Waals surface area contributed by atoms with E-state index in [2.05, 4.69) is 194 Å². The summed E-state index contributed by atoms with van der Waals surface area (Å²) in [4.78, 5) is 14.9. The molecule has 6 heteroatoms. The first-order valence-electron chi connectivity index (χ1n) is 20.4. The first-order chi connectivity index (χ1) is 28.4. The Labute approximate surface area is 340 Å². The van der Waals surface area contributed by atoms with Crippen molar-refractivity contribution in [3.63, 3.8) is 0 Å². The van der Waals surface area contributed by atoms with Crippen LogP contribution in [0.3, 0.4) is 0 Å². The first-order valence-corrected chi connectivity index (χ1v) is 20.4. The Morgan fingerprint density at radius 2 is 1.12 bits per heavy atom. The standard InChI is InChI=1S/C52H42BN5/c1-33(2)35-24-26-54-44(28-35)36-22-23-46-42(27-36)53-43-32-47-41(40-19-11-12-20-45(40)58(47)51-21-13-14-25-55-51)31-48(43)57(39-17-9-6-10-18-39)50-30-37(34(3)4)29-49(52(50)53)56(46)38-15-7-5-8-16-38/h5-34H,1-4H3. The van der Waals surface area contributed by atoms with Gasteiger partial charge < -0.3 is 9.80 Å². The maximum atomic E-state index is 4.95. The van der Waals surface area contributed by atoms with E-state index in [0.29, 0.717) is 11.8 Å². The summed E-state index contributed by atoms with van der Waals surface area (Å²) in [6.07, 6.45) is 3.85. The van der Waals surface area contributed by atoms with Crippen molar-refractivity contribution in [2.45, 2.75) is 39.5 Å². The second-order valence-corrected chi connectivity index (χ2v) is 16.3. The van der Waals surface area contributed by atoms with Gasteiger partial charge in [0, 0.05) is 57.3 Å². The fourth-order valence-corrected chi connectivity index (χ4v) is 9.38. The molecule has 58 heavy (non-hydrogen) atoms. The molecule has 9 aromatic rings. The van der Waals surface area contributed by atoms with E-state index < -0.39 is 0 Å². The van der Waals surface area contributed by atoms with Crippen molar-refractivity contribution in [1.82, 2.24) is 14.5 Å². The molecule has 0 N–H and O–H groups in total. The molecule has 2 aliphatic rings. The maximum absolute atomic E-state index is 4.95. The van der Waals surface area contributed by atoms with E-state index in [4.69, 9.17) is 9.97 Å². The van der Waals surface area contributed by atoms with E-state index in [9.17, 15) is 0 Å². The zero-order valence-corrected chi connectivity index (χ0v) is 33.1. The average Bonchev–Trinajstić information content (AvgIpc) is 3.59. The Balaban J connectivity index is 1.29. The first kappa shape index (κ1) is 34.3. The fourth-order valence-electron chi connectivity index (χ4n) is 9.38. The van der Waals surface area contributed by atoms with Crippen molar-refractivity contribution in [2.75, 3.05) is 9.80 Å². The van der Waals surface area contributed by atoms with Crippen LogP contribution < -0.4 is 26.2 Å². The van der Waals surface area contributed by atoms with Gasteiger partial charge in [0.1, 0.15) is 5.82 Å². The van der Waals surface area contributed by atoms with Crippen LogP contribution in [0.1, 0.15) is 50.7 Å². The molecule has 3 aromatic heterocycles. The lowest BCUT2D eigenvalue weighted by Gasteiger charge is -2.44. The zero-order chi connectivity index (χ0) is 39.1. The molecule has 0 amide bonds. The Hall–Kier alpha value is -6.92. The Morgan fingerprint density at radius 1 is 0.466 bits per heavy atom. The predicted molar refractivity (Wildman–Crippen MR) is 244 cm³/mol. The van der Waals surface area contributed by atoms with E-state index in [1.54, 1.807) is 0 Å². The Kier molecular flexibility index (Phi) is 7.90. The number of aromatic nitrogens is 3. The molecule has 278 valence electrons. The van der Waals surface area contributed by atoms with Gasteiger partial charge in [-0.25, -0.2) is 4.98 Å². The highest BCUT2D eigenvalue weighted by Gasteiger charge is 2.44. The summed E-state index contributed by atoms with van der Waals surface area (Å²) < 4.78 is 2.34. The largest absolute Gasteiger partial charge is 0.311 e. The summed E-state index contributed by atoms with van der Waals surface area (Å²) in [5, 5.41) is 2.41. The number of fused-ring (bicyclic) bond motifs is 7. The van der Waals surface area contributed by atoms with Gasteiger partial charge in [-0.15, -0.1) is 0 Å². The third-order valence-corrected chi connectivity index (χ3v) is 12.2. The van der Waals surface area contributed by atoms with Gasteiger partial charge >= 0.3 is 0 Å². The molecule has 0 fully saturated rings. The minimum atomic E-state index is -0.0658. The third kappa shape index (κ3) is 5.25. The van der Waals surface area contributed by atoms with Crippen LogP contribution in [0.4, 0.5) is 34.1 Å². The molecule has 0 bridgehead atoms. The number of pyridine rings is 2. The monoisotopic (exact) mass is 747 g/mol. The lowest BCUT2D eigenvalue weighted by Crippen LogP contribution is -2.61. The van der Waals surface area contributed by atoms with Gasteiger partial charge in [0.05, 0.1) is 16.7 Å². The van der Waals surface area contributed by atoms with E-state index in [1.807, 2.05) is 18.5 Å². The van der Waals surface area contributed by atoms with Crippen molar-refractivity contribution in [2.24, 2.45) is 0 Å². The van der Waals surface area contributed by atoms with Crippen LogP contribution in [-0.4, -0.2) is 21.2 Å². The summed E-state index contributed by atoms with van der Waals surface area (Å²) in [7, 11) is 0. The molecule has 5 heterocycles. The number of hydrogen-bond donors (Lipinski definition) is 0. The van der Waals surface area contributed by atoms with E-state index >= 15 is 0 Å². The van der Waals surface area contributed by atoms with Gasteiger partial charge in [-0.3, -0.25) is 9.55 Å². The topological polar surface area (TPSA) is 37.2 Å². The molecule has 0 atom stereocenters. The van der Waals surface area contributed by atoms with E-state index in [1.165, 1.54) is 61.0 Å². The highest BCUT2D eigenvalue weighted by molar-refractivity contribution is 7.00. The second-order valence-electron chi connectivity index (χ2n) is 16.3. The van der Waals surface area contributed by atoms with E-state index in [-0.39, 0.29) is 6.71 Å². The van der Waals surface area contributed by atoms with Crippen molar-refractivity contribution in [3.05, 3.63) is 181 Å². The van der Waals surface area contributed by atoms with Crippen LogP contribution in [0, 0.1) is 0 Å². The molecular weight excluding hydrogens is 705 g/mol.